The Labute approximate surface area is 111 Å². The average Bonchev–Trinajstić information content (AvgIpc) is 2.35. The van der Waals surface area contributed by atoms with Crippen LogP contribution in [0.5, 0.6) is 0 Å². The Balaban J connectivity index is 3.00. The maximum Gasteiger partial charge on any atom is 0.160 e. The summed E-state index contributed by atoms with van der Waals surface area (Å²) in [4.78, 5) is 2.06. The standard InChI is InChI=1S/C13H20BrFN2/c1-3-5-8-17(4-2)11-7-6-10(9-16)12(14)13(11)15/h6-7H,3-5,8-9,16H2,1-2H3. The van der Waals surface area contributed by atoms with Gasteiger partial charge in [-0.2, -0.15) is 0 Å². The maximum absolute atomic E-state index is 14.2. The first-order valence-corrected chi connectivity index (χ1v) is 6.86. The highest BCUT2D eigenvalue weighted by molar-refractivity contribution is 9.10. The van der Waals surface area contributed by atoms with Crippen molar-refractivity contribution in [2.45, 2.75) is 33.2 Å². The first-order valence-electron chi connectivity index (χ1n) is 6.07. The Morgan fingerprint density at radius 2 is 2.06 bits per heavy atom. The summed E-state index contributed by atoms with van der Waals surface area (Å²) in [5, 5.41) is 0. The van der Waals surface area contributed by atoms with Gasteiger partial charge in [-0.3, -0.25) is 0 Å². The average molecular weight is 303 g/mol. The van der Waals surface area contributed by atoms with Crippen molar-refractivity contribution in [3.63, 3.8) is 0 Å². The van der Waals surface area contributed by atoms with Gasteiger partial charge in [0.25, 0.3) is 0 Å². The molecular weight excluding hydrogens is 283 g/mol. The molecule has 1 aromatic carbocycles. The number of nitrogens with zero attached hydrogens (tertiary/aromatic N) is 1. The van der Waals surface area contributed by atoms with Crippen molar-refractivity contribution in [3.8, 4) is 0 Å². The summed E-state index contributed by atoms with van der Waals surface area (Å²) in [5.74, 6) is -0.203. The summed E-state index contributed by atoms with van der Waals surface area (Å²) in [6.07, 6.45) is 2.18. The summed E-state index contributed by atoms with van der Waals surface area (Å²) in [6, 6.07) is 3.71. The number of halogens is 2. The summed E-state index contributed by atoms with van der Waals surface area (Å²) in [5.41, 5.74) is 7.01. The van der Waals surface area contributed by atoms with Crippen LogP contribution in [0.25, 0.3) is 0 Å². The van der Waals surface area contributed by atoms with Crippen molar-refractivity contribution in [2.75, 3.05) is 18.0 Å². The van der Waals surface area contributed by atoms with Crippen molar-refractivity contribution in [2.24, 2.45) is 5.73 Å². The molecule has 0 aliphatic carbocycles. The number of unbranched alkanes of at least 4 members (excludes halogenated alkanes) is 1. The molecule has 0 bridgehead atoms. The molecule has 0 amide bonds. The van der Waals surface area contributed by atoms with Gasteiger partial charge in [-0.15, -0.1) is 0 Å². The lowest BCUT2D eigenvalue weighted by molar-refractivity contribution is 0.605. The van der Waals surface area contributed by atoms with Crippen molar-refractivity contribution >= 4 is 21.6 Å². The van der Waals surface area contributed by atoms with E-state index in [1.54, 1.807) is 0 Å². The van der Waals surface area contributed by atoms with Gasteiger partial charge in [-0.1, -0.05) is 19.4 Å². The van der Waals surface area contributed by atoms with E-state index in [0.717, 1.165) is 31.5 Å². The molecule has 2 N–H and O–H groups in total. The van der Waals surface area contributed by atoms with Crippen LogP contribution in [0.1, 0.15) is 32.3 Å². The minimum Gasteiger partial charge on any atom is -0.369 e. The zero-order valence-corrected chi connectivity index (χ0v) is 12.1. The number of nitrogens with two attached hydrogens (primary N) is 1. The van der Waals surface area contributed by atoms with Crippen LogP contribution < -0.4 is 10.6 Å². The van der Waals surface area contributed by atoms with Gasteiger partial charge in [-0.05, 0) is 40.9 Å². The lowest BCUT2D eigenvalue weighted by Gasteiger charge is -2.24. The van der Waals surface area contributed by atoms with Gasteiger partial charge in [-0.25, -0.2) is 4.39 Å². The van der Waals surface area contributed by atoms with Crippen molar-refractivity contribution < 1.29 is 4.39 Å². The second-order valence-corrected chi connectivity index (χ2v) is 4.80. The Morgan fingerprint density at radius 1 is 1.35 bits per heavy atom. The molecule has 0 saturated heterocycles. The Kier molecular flexibility index (Phi) is 5.92. The molecule has 0 spiro atoms. The Bertz CT molecular complexity index is 369. The van der Waals surface area contributed by atoms with Gasteiger partial charge in [0.2, 0.25) is 0 Å². The SMILES string of the molecule is CCCCN(CC)c1ccc(CN)c(Br)c1F. The maximum atomic E-state index is 14.2. The normalized spacial score (nSPS) is 10.6. The zero-order chi connectivity index (χ0) is 12.8. The summed E-state index contributed by atoms with van der Waals surface area (Å²) in [6.45, 7) is 6.22. The lowest BCUT2D eigenvalue weighted by Crippen LogP contribution is -2.25. The van der Waals surface area contributed by atoms with Gasteiger partial charge < -0.3 is 10.6 Å². The highest BCUT2D eigenvalue weighted by Crippen LogP contribution is 2.29. The van der Waals surface area contributed by atoms with Crippen molar-refractivity contribution in [1.29, 1.82) is 0 Å². The molecule has 0 saturated carbocycles. The van der Waals surface area contributed by atoms with E-state index < -0.39 is 0 Å². The number of anilines is 1. The molecule has 0 aromatic heterocycles. The van der Waals surface area contributed by atoms with E-state index in [9.17, 15) is 4.39 Å². The molecule has 0 aliphatic rings. The molecule has 2 nitrogen and oxygen atoms in total. The number of benzene rings is 1. The largest absolute Gasteiger partial charge is 0.369 e. The molecular formula is C13H20BrFN2. The third-order valence-corrected chi connectivity index (χ3v) is 3.72. The molecule has 0 atom stereocenters. The smallest absolute Gasteiger partial charge is 0.160 e. The fourth-order valence-corrected chi connectivity index (χ4v) is 2.28. The molecule has 1 rings (SSSR count). The van der Waals surface area contributed by atoms with Crippen LogP contribution in [0, 0.1) is 5.82 Å². The van der Waals surface area contributed by atoms with E-state index >= 15 is 0 Å². The molecule has 96 valence electrons. The van der Waals surface area contributed by atoms with E-state index in [1.165, 1.54) is 0 Å². The van der Waals surface area contributed by atoms with Crippen LogP contribution in [-0.2, 0) is 6.54 Å². The second kappa shape index (κ2) is 6.97. The predicted octanol–water partition coefficient (Wildman–Crippen LogP) is 3.67. The molecule has 0 radical (unpaired) electrons. The van der Waals surface area contributed by atoms with E-state index in [4.69, 9.17) is 5.73 Å². The molecule has 0 aliphatic heterocycles. The van der Waals surface area contributed by atoms with Crippen LogP contribution in [0.2, 0.25) is 0 Å². The summed E-state index contributed by atoms with van der Waals surface area (Å²) < 4.78 is 14.7. The Hall–Kier alpha value is -0.610. The first-order chi connectivity index (χ1) is 8.15. The third kappa shape index (κ3) is 3.42. The zero-order valence-electron chi connectivity index (χ0n) is 10.5. The van der Waals surface area contributed by atoms with Crippen LogP contribution in [0.4, 0.5) is 10.1 Å². The first kappa shape index (κ1) is 14.5. The van der Waals surface area contributed by atoms with Gasteiger partial charge in [0.05, 0.1) is 10.2 Å². The number of hydrogen-bond acceptors (Lipinski definition) is 2. The minimum absolute atomic E-state index is 0.203. The predicted molar refractivity (Wildman–Crippen MR) is 74.8 cm³/mol. The molecule has 0 heterocycles. The van der Waals surface area contributed by atoms with E-state index in [1.807, 2.05) is 19.1 Å². The summed E-state index contributed by atoms with van der Waals surface area (Å²) >= 11 is 3.28. The quantitative estimate of drug-likeness (QED) is 0.869. The van der Waals surface area contributed by atoms with Gasteiger partial charge >= 0.3 is 0 Å². The van der Waals surface area contributed by atoms with E-state index in [0.29, 0.717) is 16.7 Å². The molecule has 0 unspecified atom stereocenters. The van der Waals surface area contributed by atoms with Gasteiger partial charge in [0.1, 0.15) is 0 Å². The van der Waals surface area contributed by atoms with Crippen LogP contribution in [-0.4, -0.2) is 13.1 Å². The third-order valence-electron chi connectivity index (χ3n) is 2.87. The minimum atomic E-state index is -0.203. The van der Waals surface area contributed by atoms with Gasteiger partial charge in [0.15, 0.2) is 5.82 Å². The topological polar surface area (TPSA) is 29.3 Å². The van der Waals surface area contributed by atoms with Gasteiger partial charge in [0, 0.05) is 19.6 Å². The van der Waals surface area contributed by atoms with Crippen molar-refractivity contribution in [1.82, 2.24) is 0 Å². The van der Waals surface area contributed by atoms with E-state index in [-0.39, 0.29) is 5.82 Å². The highest BCUT2D eigenvalue weighted by atomic mass is 79.9. The molecule has 0 fully saturated rings. The fraction of sp³-hybridized carbons (Fsp3) is 0.538. The molecule has 1 aromatic rings. The number of hydrogen-bond donors (Lipinski definition) is 1. The highest BCUT2D eigenvalue weighted by Gasteiger charge is 2.14. The lowest BCUT2D eigenvalue weighted by atomic mass is 10.1. The number of rotatable bonds is 6. The molecule has 17 heavy (non-hydrogen) atoms. The molecule has 4 heteroatoms. The van der Waals surface area contributed by atoms with E-state index in [2.05, 4.69) is 27.8 Å². The second-order valence-electron chi connectivity index (χ2n) is 4.01. The van der Waals surface area contributed by atoms with Crippen molar-refractivity contribution in [3.05, 3.63) is 28.0 Å². The van der Waals surface area contributed by atoms with Crippen LogP contribution in [0.3, 0.4) is 0 Å². The monoisotopic (exact) mass is 302 g/mol. The Morgan fingerprint density at radius 3 is 2.59 bits per heavy atom. The van der Waals surface area contributed by atoms with Crippen LogP contribution >= 0.6 is 15.9 Å². The van der Waals surface area contributed by atoms with Crippen LogP contribution in [0.15, 0.2) is 16.6 Å². The summed E-state index contributed by atoms with van der Waals surface area (Å²) in [7, 11) is 0. The fourth-order valence-electron chi connectivity index (χ4n) is 1.78.